The van der Waals surface area contributed by atoms with Crippen molar-refractivity contribution in [1.29, 1.82) is 0 Å². The van der Waals surface area contributed by atoms with Crippen LogP contribution in [0.5, 0.6) is 11.5 Å². The summed E-state index contributed by atoms with van der Waals surface area (Å²) in [7, 11) is 0.847. The Labute approximate surface area is 166 Å². The fourth-order valence-corrected chi connectivity index (χ4v) is 2.98. The first-order valence-electron chi connectivity index (χ1n) is 9.38. The predicted octanol–water partition coefficient (Wildman–Crippen LogP) is 3.29. The number of carbonyl (C=O) groups excluding carboxylic acids is 2. The van der Waals surface area contributed by atoms with E-state index in [1.54, 1.807) is 25.1 Å². The normalized spacial score (nSPS) is 18.5. The van der Waals surface area contributed by atoms with Crippen molar-refractivity contribution < 1.29 is 33.1 Å². The van der Waals surface area contributed by atoms with E-state index >= 15 is 0 Å². The third-order valence-corrected chi connectivity index (χ3v) is 5.16. The highest BCUT2D eigenvalue weighted by Gasteiger charge is 2.54. The fraction of sp³-hybridized carbons (Fsp3) is 0.600. The molecule has 1 atom stereocenters. The molecule has 1 fully saturated rings. The van der Waals surface area contributed by atoms with Gasteiger partial charge in [-0.05, 0) is 52.3 Å². The lowest BCUT2D eigenvalue weighted by atomic mass is 9.66. The molecule has 1 unspecified atom stereocenters. The Morgan fingerprint density at radius 1 is 1.11 bits per heavy atom. The van der Waals surface area contributed by atoms with Crippen LogP contribution in [0.4, 0.5) is 0 Å². The largest absolute Gasteiger partial charge is 0.493 e. The third kappa shape index (κ3) is 4.86. The average molecular weight is 392 g/mol. The quantitative estimate of drug-likeness (QED) is 0.400. The molecule has 0 saturated carbocycles. The number of carbonyl (C=O) groups is 2. The molecule has 154 valence electrons. The van der Waals surface area contributed by atoms with Gasteiger partial charge in [-0.25, -0.2) is 0 Å². The van der Waals surface area contributed by atoms with Crippen molar-refractivity contribution in [2.45, 2.75) is 65.0 Å². The molecule has 0 aliphatic carbocycles. The van der Waals surface area contributed by atoms with E-state index in [9.17, 15) is 9.59 Å². The summed E-state index contributed by atoms with van der Waals surface area (Å²) in [6.45, 7) is 11.2. The van der Waals surface area contributed by atoms with Crippen LogP contribution in [0, 0.1) is 0 Å². The van der Waals surface area contributed by atoms with E-state index in [2.05, 4.69) is 0 Å². The van der Waals surface area contributed by atoms with Crippen LogP contribution in [-0.2, 0) is 23.6 Å². The van der Waals surface area contributed by atoms with Gasteiger partial charge < -0.3 is 23.5 Å². The molecule has 1 heterocycles. The highest BCUT2D eigenvalue weighted by atomic mass is 16.7. The van der Waals surface area contributed by atoms with E-state index in [0.717, 1.165) is 5.56 Å². The molecule has 0 radical (unpaired) electrons. The van der Waals surface area contributed by atoms with E-state index in [1.165, 1.54) is 14.0 Å². The molecule has 1 aromatic carbocycles. The summed E-state index contributed by atoms with van der Waals surface area (Å²) in [4.78, 5) is 23.5. The van der Waals surface area contributed by atoms with Crippen molar-refractivity contribution in [3.63, 3.8) is 0 Å². The number of esters is 2. The van der Waals surface area contributed by atoms with Crippen molar-refractivity contribution in [1.82, 2.24) is 0 Å². The maximum Gasteiger partial charge on any atom is 0.466 e. The van der Waals surface area contributed by atoms with Crippen LogP contribution in [0.3, 0.4) is 0 Å². The summed E-state index contributed by atoms with van der Waals surface area (Å²) < 4.78 is 28.0. The van der Waals surface area contributed by atoms with Gasteiger partial charge in [-0.1, -0.05) is 6.07 Å². The maximum absolute atomic E-state index is 12.2. The van der Waals surface area contributed by atoms with Crippen LogP contribution in [-0.4, -0.2) is 44.0 Å². The topological polar surface area (TPSA) is 80.3 Å². The van der Waals surface area contributed by atoms with Crippen molar-refractivity contribution in [2.24, 2.45) is 0 Å². The van der Waals surface area contributed by atoms with Gasteiger partial charge in [0, 0.05) is 12.7 Å². The summed E-state index contributed by atoms with van der Waals surface area (Å²) in [5.41, 5.74) is -0.307. The molecule has 1 saturated heterocycles. The van der Waals surface area contributed by atoms with Gasteiger partial charge in [0.1, 0.15) is 0 Å². The third-order valence-electron chi connectivity index (χ3n) is 5.16. The molecule has 1 aliphatic rings. The van der Waals surface area contributed by atoms with E-state index in [1.807, 2.05) is 27.7 Å². The zero-order valence-corrected chi connectivity index (χ0v) is 17.7. The predicted molar refractivity (Wildman–Crippen MR) is 104 cm³/mol. The van der Waals surface area contributed by atoms with Crippen molar-refractivity contribution >= 4 is 19.1 Å². The summed E-state index contributed by atoms with van der Waals surface area (Å²) >= 11 is 0. The number of benzene rings is 1. The molecule has 1 aliphatic heterocycles. The lowest BCUT2D eigenvalue weighted by Crippen LogP contribution is -2.41. The first kappa shape index (κ1) is 22.2. The lowest BCUT2D eigenvalue weighted by Gasteiger charge is -2.32. The Morgan fingerprint density at radius 2 is 1.71 bits per heavy atom. The summed E-state index contributed by atoms with van der Waals surface area (Å²) in [5, 5.41) is 0. The average Bonchev–Trinajstić information content (AvgIpc) is 2.80. The monoisotopic (exact) mass is 392 g/mol. The summed E-state index contributed by atoms with van der Waals surface area (Å²) in [5.74, 6) is -0.508. The van der Waals surface area contributed by atoms with E-state index < -0.39 is 30.1 Å². The number of methoxy groups -OCH3 is 1. The molecule has 0 spiro atoms. The van der Waals surface area contributed by atoms with Crippen LogP contribution in [0.2, 0.25) is 0 Å². The van der Waals surface area contributed by atoms with Gasteiger partial charge in [-0.15, -0.1) is 0 Å². The molecule has 0 bridgehead atoms. The molecule has 2 rings (SSSR count). The minimum atomic E-state index is -0.640. The van der Waals surface area contributed by atoms with Gasteiger partial charge >= 0.3 is 19.1 Å². The van der Waals surface area contributed by atoms with Gasteiger partial charge in [-0.2, -0.15) is 0 Å². The minimum Gasteiger partial charge on any atom is -0.493 e. The Kier molecular flexibility index (Phi) is 6.78. The van der Waals surface area contributed by atoms with E-state index in [4.69, 9.17) is 23.5 Å². The number of hydrogen-bond acceptors (Lipinski definition) is 7. The fourth-order valence-electron chi connectivity index (χ4n) is 2.98. The molecule has 0 N–H and O–H groups in total. The Hall–Kier alpha value is -2.06. The molecular weight excluding hydrogens is 363 g/mol. The maximum atomic E-state index is 12.2. The highest BCUT2D eigenvalue weighted by molar-refractivity contribution is 6.48. The lowest BCUT2D eigenvalue weighted by molar-refractivity contribution is -0.143. The second-order valence-corrected chi connectivity index (χ2v) is 7.74. The van der Waals surface area contributed by atoms with Crippen LogP contribution >= 0.6 is 0 Å². The van der Waals surface area contributed by atoms with Crippen LogP contribution in [0.15, 0.2) is 18.2 Å². The molecular formula is C20H29BO7. The number of hydrogen-bond donors (Lipinski definition) is 0. The molecule has 7 nitrogen and oxygen atoms in total. The zero-order valence-electron chi connectivity index (χ0n) is 17.7. The highest BCUT2D eigenvalue weighted by Crippen LogP contribution is 2.43. The zero-order chi connectivity index (χ0) is 21.1. The smallest absolute Gasteiger partial charge is 0.466 e. The second kappa shape index (κ2) is 8.53. The summed E-state index contributed by atoms with van der Waals surface area (Å²) in [6, 6.07) is 5.14. The van der Waals surface area contributed by atoms with Gasteiger partial charge in [0.05, 0.1) is 31.3 Å². The van der Waals surface area contributed by atoms with Gasteiger partial charge in [-0.3, -0.25) is 9.59 Å². The minimum absolute atomic E-state index is 0.0841. The molecule has 0 amide bonds. The van der Waals surface area contributed by atoms with Crippen LogP contribution in [0.25, 0.3) is 0 Å². The van der Waals surface area contributed by atoms with Crippen molar-refractivity contribution in [3.8, 4) is 11.5 Å². The molecule has 8 heteroatoms. The SMILES string of the molecule is CCOC(=O)CC(B1OC(C)(C)C(C)(C)O1)c1ccc(OC(C)=O)c(OC)c1. The molecule has 28 heavy (non-hydrogen) atoms. The number of rotatable bonds is 7. The first-order valence-corrected chi connectivity index (χ1v) is 9.38. The Morgan fingerprint density at radius 3 is 2.21 bits per heavy atom. The number of ether oxygens (including phenoxy) is 3. The van der Waals surface area contributed by atoms with E-state index in [-0.39, 0.29) is 12.4 Å². The van der Waals surface area contributed by atoms with Gasteiger partial charge in [0.15, 0.2) is 11.5 Å². The first-order chi connectivity index (χ1) is 13.0. The molecule has 1 aromatic rings. The molecule has 0 aromatic heterocycles. The van der Waals surface area contributed by atoms with Crippen molar-refractivity contribution in [3.05, 3.63) is 23.8 Å². The summed E-state index contributed by atoms with van der Waals surface area (Å²) in [6.07, 6.45) is 0.0841. The van der Waals surface area contributed by atoms with Gasteiger partial charge in [0.2, 0.25) is 0 Å². The second-order valence-electron chi connectivity index (χ2n) is 7.74. The Bertz CT molecular complexity index is 713. The van der Waals surface area contributed by atoms with Crippen molar-refractivity contribution in [2.75, 3.05) is 13.7 Å². The Balaban J connectivity index is 2.39. The van der Waals surface area contributed by atoms with Gasteiger partial charge in [0.25, 0.3) is 0 Å². The standard InChI is InChI=1S/C20H29BO7/c1-8-25-18(23)12-15(21-27-19(3,4)20(5,6)28-21)14-9-10-16(26-13(2)22)17(11-14)24-7/h9-11,15H,8,12H2,1-7H3. The van der Waals surface area contributed by atoms with Crippen LogP contribution < -0.4 is 9.47 Å². The van der Waals surface area contributed by atoms with E-state index in [0.29, 0.717) is 18.1 Å². The van der Waals surface area contributed by atoms with Crippen LogP contribution in [0.1, 0.15) is 59.3 Å².